The van der Waals surface area contributed by atoms with Crippen LogP contribution in [0.4, 0.5) is 0 Å². The van der Waals surface area contributed by atoms with Gasteiger partial charge in [-0.05, 0) is 37.7 Å². The molecular weight excluding hydrogens is 320 g/mol. The van der Waals surface area contributed by atoms with Crippen molar-refractivity contribution in [3.8, 4) is 0 Å². The van der Waals surface area contributed by atoms with Gasteiger partial charge in [0.05, 0.1) is 0 Å². The van der Waals surface area contributed by atoms with E-state index < -0.39 is 0 Å². The Labute approximate surface area is 147 Å². The second kappa shape index (κ2) is 8.33. The molecule has 24 heavy (non-hydrogen) atoms. The van der Waals surface area contributed by atoms with Crippen LogP contribution < -0.4 is 5.32 Å². The van der Waals surface area contributed by atoms with Crippen molar-refractivity contribution < 1.29 is 4.79 Å². The van der Waals surface area contributed by atoms with E-state index in [-0.39, 0.29) is 5.91 Å². The van der Waals surface area contributed by atoms with Gasteiger partial charge in [-0.15, -0.1) is 10.2 Å². The molecule has 6 heteroatoms. The van der Waals surface area contributed by atoms with E-state index in [1.54, 1.807) is 11.8 Å². The van der Waals surface area contributed by atoms with Gasteiger partial charge in [0.15, 0.2) is 5.16 Å². The second-order valence-corrected chi connectivity index (χ2v) is 6.91. The van der Waals surface area contributed by atoms with Crippen LogP contribution in [0.3, 0.4) is 0 Å². The summed E-state index contributed by atoms with van der Waals surface area (Å²) in [7, 11) is 0. The van der Waals surface area contributed by atoms with Crippen LogP contribution in [-0.2, 0) is 6.42 Å². The molecule has 1 heterocycles. The molecule has 1 aliphatic rings. The van der Waals surface area contributed by atoms with Gasteiger partial charge in [-0.3, -0.25) is 4.79 Å². The highest BCUT2D eigenvalue weighted by molar-refractivity contribution is 7.98. The highest BCUT2D eigenvalue weighted by Crippen LogP contribution is 2.33. The highest BCUT2D eigenvalue weighted by atomic mass is 32.2. The number of thioether (sulfide) groups is 1. The summed E-state index contributed by atoms with van der Waals surface area (Å²) in [5.41, 5.74) is 0.705. The van der Waals surface area contributed by atoms with Gasteiger partial charge in [0.1, 0.15) is 5.82 Å². The third-order valence-electron chi connectivity index (χ3n) is 4.51. The van der Waals surface area contributed by atoms with E-state index in [9.17, 15) is 4.79 Å². The highest BCUT2D eigenvalue weighted by Gasteiger charge is 2.23. The van der Waals surface area contributed by atoms with Gasteiger partial charge in [-0.1, -0.05) is 42.8 Å². The lowest BCUT2D eigenvalue weighted by molar-refractivity contribution is 0.0953. The van der Waals surface area contributed by atoms with E-state index in [0.717, 1.165) is 23.8 Å². The Morgan fingerprint density at radius 1 is 1.25 bits per heavy atom. The molecule has 0 aliphatic heterocycles. The first kappa shape index (κ1) is 17.0. The Kier molecular flexibility index (Phi) is 5.91. The summed E-state index contributed by atoms with van der Waals surface area (Å²) in [5.74, 6) is 1.04. The zero-order valence-electron chi connectivity index (χ0n) is 14.1. The summed E-state index contributed by atoms with van der Waals surface area (Å²) in [4.78, 5) is 12.0. The molecule has 0 spiro atoms. The van der Waals surface area contributed by atoms with E-state index in [4.69, 9.17) is 0 Å². The van der Waals surface area contributed by atoms with Gasteiger partial charge in [0, 0.05) is 24.6 Å². The number of hydrogen-bond acceptors (Lipinski definition) is 4. The van der Waals surface area contributed by atoms with Crippen LogP contribution in [0.15, 0.2) is 35.5 Å². The van der Waals surface area contributed by atoms with Crippen LogP contribution in [0.25, 0.3) is 0 Å². The average Bonchev–Trinajstić information content (AvgIpc) is 3.28. The number of carbonyl (C=O) groups is 1. The number of nitrogens with zero attached hydrogens (tertiary/aromatic N) is 3. The third kappa shape index (κ3) is 3.98. The topological polar surface area (TPSA) is 59.8 Å². The van der Waals surface area contributed by atoms with Gasteiger partial charge < -0.3 is 9.88 Å². The van der Waals surface area contributed by atoms with Crippen molar-refractivity contribution in [3.05, 3.63) is 41.7 Å². The molecule has 0 saturated heterocycles. The molecule has 3 rings (SSSR count). The summed E-state index contributed by atoms with van der Waals surface area (Å²) in [5, 5.41) is 12.7. The molecule has 2 aromatic rings. The van der Waals surface area contributed by atoms with Crippen molar-refractivity contribution in [1.82, 2.24) is 20.1 Å². The number of benzene rings is 1. The van der Waals surface area contributed by atoms with Gasteiger partial charge >= 0.3 is 0 Å². The molecule has 1 aliphatic carbocycles. The number of nitrogens with one attached hydrogen (secondary N) is 1. The maximum atomic E-state index is 12.0. The molecule has 128 valence electrons. The Hall–Kier alpha value is -1.82. The van der Waals surface area contributed by atoms with Gasteiger partial charge in [-0.2, -0.15) is 0 Å². The first-order valence-corrected chi connectivity index (χ1v) is 9.83. The molecule has 1 aromatic carbocycles. The van der Waals surface area contributed by atoms with Crippen LogP contribution in [0.5, 0.6) is 0 Å². The standard InChI is InChI=1S/C18H24N4OS/c1-24-18-21-20-16(22(18)15-10-5-6-11-15)12-7-13-19-17(23)14-8-3-2-4-9-14/h2-4,8-9,15H,5-7,10-13H2,1H3,(H,19,23). The Morgan fingerprint density at radius 2 is 2.00 bits per heavy atom. The first-order chi connectivity index (χ1) is 11.8. The predicted octanol–water partition coefficient (Wildman–Crippen LogP) is 3.48. The molecule has 1 aromatic heterocycles. The zero-order valence-corrected chi connectivity index (χ0v) is 14.9. The number of aromatic nitrogens is 3. The largest absolute Gasteiger partial charge is 0.352 e. The molecule has 0 unspecified atom stereocenters. The number of amides is 1. The van der Waals surface area contributed by atoms with Crippen molar-refractivity contribution in [1.29, 1.82) is 0 Å². The van der Waals surface area contributed by atoms with E-state index in [1.165, 1.54) is 25.7 Å². The normalized spacial score (nSPS) is 14.9. The number of hydrogen-bond donors (Lipinski definition) is 1. The van der Waals surface area contributed by atoms with Crippen molar-refractivity contribution >= 4 is 17.7 Å². The fourth-order valence-corrected chi connectivity index (χ4v) is 3.86. The molecule has 0 radical (unpaired) electrons. The van der Waals surface area contributed by atoms with Gasteiger partial charge in [0.25, 0.3) is 5.91 Å². The number of rotatable bonds is 7. The maximum absolute atomic E-state index is 12.0. The van der Waals surface area contributed by atoms with Gasteiger partial charge in [0.2, 0.25) is 0 Å². The fraction of sp³-hybridized carbons (Fsp3) is 0.500. The van der Waals surface area contributed by atoms with Crippen molar-refractivity contribution in [2.24, 2.45) is 0 Å². The Morgan fingerprint density at radius 3 is 2.71 bits per heavy atom. The molecule has 1 fully saturated rings. The molecule has 1 amide bonds. The minimum absolute atomic E-state index is 0.0161. The lowest BCUT2D eigenvalue weighted by Gasteiger charge is -2.16. The van der Waals surface area contributed by atoms with Crippen LogP contribution in [0, 0.1) is 0 Å². The zero-order chi connectivity index (χ0) is 16.8. The number of carbonyl (C=O) groups excluding carboxylic acids is 1. The third-order valence-corrected chi connectivity index (χ3v) is 5.15. The molecule has 1 saturated carbocycles. The summed E-state index contributed by atoms with van der Waals surface area (Å²) in [6.45, 7) is 0.653. The monoisotopic (exact) mass is 344 g/mol. The van der Waals surface area contributed by atoms with E-state index >= 15 is 0 Å². The van der Waals surface area contributed by atoms with Crippen molar-refractivity contribution in [2.45, 2.75) is 49.7 Å². The predicted molar refractivity (Wildman–Crippen MR) is 96.4 cm³/mol. The maximum Gasteiger partial charge on any atom is 0.251 e. The summed E-state index contributed by atoms with van der Waals surface area (Å²) in [6, 6.07) is 9.88. The van der Waals surface area contributed by atoms with E-state index in [2.05, 4.69) is 26.3 Å². The van der Waals surface area contributed by atoms with Gasteiger partial charge in [-0.25, -0.2) is 0 Å². The SMILES string of the molecule is CSc1nnc(CCCNC(=O)c2ccccc2)n1C1CCCC1. The molecular formula is C18H24N4OS. The fourth-order valence-electron chi connectivity index (χ4n) is 3.29. The lowest BCUT2D eigenvalue weighted by atomic mass is 10.2. The summed E-state index contributed by atoms with van der Waals surface area (Å²) >= 11 is 1.66. The molecule has 5 nitrogen and oxygen atoms in total. The van der Waals surface area contributed by atoms with Crippen LogP contribution in [0.2, 0.25) is 0 Å². The Bertz CT molecular complexity index is 665. The second-order valence-electron chi connectivity index (χ2n) is 6.14. The first-order valence-electron chi connectivity index (χ1n) is 8.60. The van der Waals surface area contributed by atoms with Crippen molar-refractivity contribution in [2.75, 3.05) is 12.8 Å². The summed E-state index contributed by atoms with van der Waals surface area (Å²) in [6.07, 6.45) is 8.81. The lowest BCUT2D eigenvalue weighted by Crippen LogP contribution is -2.25. The number of aryl methyl sites for hydroxylation is 1. The minimum Gasteiger partial charge on any atom is -0.352 e. The van der Waals surface area contributed by atoms with Crippen LogP contribution >= 0.6 is 11.8 Å². The van der Waals surface area contributed by atoms with Crippen molar-refractivity contribution in [3.63, 3.8) is 0 Å². The molecule has 0 bridgehead atoms. The van der Waals surface area contributed by atoms with Crippen LogP contribution in [0.1, 0.15) is 54.3 Å². The molecule has 0 atom stereocenters. The Balaban J connectivity index is 1.53. The quantitative estimate of drug-likeness (QED) is 0.617. The van der Waals surface area contributed by atoms with E-state index in [1.807, 2.05) is 30.3 Å². The van der Waals surface area contributed by atoms with Crippen LogP contribution in [-0.4, -0.2) is 33.5 Å². The minimum atomic E-state index is -0.0161. The van der Waals surface area contributed by atoms with E-state index in [0.29, 0.717) is 18.2 Å². The smallest absolute Gasteiger partial charge is 0.251 e. The average molecular weight is 344 g/mol. The summed E-state index contributed by atoms with van der Waals surface area (Å²) < 4.78 is 2.33. The molecule has 1 N–H and O–H groups in total.